The fraction of sp³-hybridized carbons (Fsp3) is 0.182. The van der Waals surface area contributed by atoms with Crippen LogP contribution in [-0.2, 0) is 0 Å². The second kappa shape index (κ2) is 4.14. The van der Waals surface area contributed by atoms with E-state index in [0.29, 0.717) is 4.47 Å². The minimum atomic E-state index is -0.256. The maximum absolute atomic E-state index is 13.3. The van der Waals surface area contributed by atoms with Gasteiger partial charge in [0, 0.05) is 35.4 Å². The van der Waals surface area contributed by atoms with Gasteiger partial charge in [-0.1, -0.05) is 0 Å². The van der Waals surface area contributed by atoms with E-state index in [1.54, 1.807) is 12.3 Å². The number of fused-ring (bicyclic) bond motifs is 1. The number of aromatic amines is 1. The second-order valence-corrected chi connectivity index (χ2v) is 4.04. The van der Waals surface area contributed by atoms with Gasteiger partial charge in [-0.3, -0.25) is 4.99 Å². The zero-order valence-corrected chi connectivity index (χ0v) is 9.81. The monoisotopic (exact) mass is 268 g/mol. The number of hydrogen-bond donors (Lipinski definition) is 1. The summed E-state index contributed by atoms with van der Waals surface area (Å²) >= 11 is 3.15. The standard InChI is InChI=1S/C11H10BrFN2/c1-2-14-5-7-6-15-11-4-9(12)10(13)3-8(7)11/h3-6,15H,2H2,1H3. The lowest BCUT2D eigenvalue weighted by atomic mass is 10.2. The van der Waals surface area contributed by atoms with Gasteiger partial charge in [0.25, 0.3) is 0 Å². The summed E-state index contributed by atoms with van der Waals surface area (Å²) < 4.78 is 13.8. The average molecular weight is 269 g/mol. The maximum atomic E-state index is 13.3. The summed E-state index contributed by atoms with van der Waals surface area (Å²) in [7, 11) is 0. The van der Waals surface area contributed by atoms with Crippen molar-refractivity contribution in [1.82, 2.24) is 4.98 Å². The molecule has 0 spiro atoms. The fourth-order valence-corrected chi connectivity index (χ4v) is 1.78. The normalized spacial score (nSPS) is 11.7. The van der Waals surface area contributed by atoms with Crippen molar-refractivity contribution in [2.75, 3.05) is 6.54 Å². The van der Waals surface area contributed by atoms with Crippen LogP contribution >= 0.6 is 15.9 Å². The van der Waals surface area contributed by atoms with Crippen molar-refractivity contribution < 1.29 is 4.39 Å². The molecule has 0 saturated carbocycles. The Labute approximate surface area is 95.3 Å². The highest BCUT2D eigenvalue weighted by atomic mass is 79.9. The number of hydrogen-bond acceptors (Lipinski definition) is 1. The lowest BCUT2D eigenvalue weighted by molar-refractivity contribution is 0.623. The molecule has 15 heavy (non-hydrogen) atoms. The molecule has 0 fully saturated rings. The van der Waals surface area contributed by atoms with Gasteiger partial charge in [-0.25, -0.2) is 4.39 Å². The van der Waals surface area contributed by atoms with Crippen molar-refractivity contribution in [2.45, 2.75) is 6.92 Å². The molecule has 0 aliphatic heterocycles. The van der Waals surface area contributed by atoms with Crippen molar-refractivity contribution in [1.29, 1.82) is 0 Å². The van der Waals surface area contributed by atoms with E-state index in [4.69, 9.17) is 0 Å². The van der Waals surface area contributed by atoms with Gasteiger partial charge in [0.2, 0.25) is 0 Å². The van der Waals surface area contributed by atoms with Gasteiger partial charge >= 0.3 is 0 Å². The SMILES string of the molecule is CCN=Cc1c[nH]c2cc(Br)c(F)cc12. The predicted octanol–water partition coefficient (Wildman–Crippen LogP) is 3.51. The molecule has 0 amide bonds. The van der Waals surface area contributed by atoms with E-state index in [-0.39, 0.29) is 5.82 Å². The zero-order chi connectivity index (χ0) is 10.8. The molecular formula is C11H10BrFN2. The van der Waals surface area contributed by atoms with Crippen molar-refractivity contribution >= 4 is 33.0 Å². The Morgan fingerprint density at radius 3 is 3.07 bits per heavy atom. The summed E-state index contributed by atoms with van der Waals surface area (Å²) in [5, 5.41) is 0.855. The van der Waals surface area contributed by atoms with Gasteiger partial charge in [-0.15, -0.1) is 0 Å². The second-order valence-electron chi connectivity index (χ2n) is 3.18. The Bertz CT molecular complexity index is 517. The molecule has 4 heteroatoms. The predicted molar refractivity (Wildman–Crippen MR) is 64.1 cm³/mol. The van der Waals surface area contributed by atoms with E-state index >= 15 is 0 Å². The number of H-pyrrole nitrogens is 1. The number of aromatic nitrogens is 1. The first-order valence-corrected chi connectivity index (χ1v) is 5.47. The molecule has 2 aromatic rings. The number of halogens is 2. The largest absolute Gasteiger partial charge is 0.360 e. The topological polar surface area (TPSA) is 28.1 Å². The van der Waals surface area contributed by atoms with Crippen molar-refractivity contribution in [3.05, 3.63) is 34.2 Å². The van der Waals surface area contributed by atoms with Crippen LogP contribution in [0.25, 0.3) is 10.9 Å². The highest BCUT2D eigenvalue weighted by Gasteiger charge is 2.06. The quantitative estimate of drug-likeness (QED) is 0.808. The number of nitrogens with one attached hydrogen (secondary N) is 1. The van der Waals surface area contributed by atoms with Gasteiger partial charge < -0.3 is 4.98 Å². The lowest BCUT2D eigenvalue weighted by Gasteiger charge is -1.95. The Balaban J connectivity index is 2.59. The molecule has 0 bridgehead atoms. The van der Waals surface area contributed by atoms with Crippen LogP contribution in [0.5, 0.6) is 0 Å². The Morgan fingerprint density at radius 1 is 1.53 bits per heavy atom. The Kier molecular flexibility index (Phi) is 2.86. The first-order valence-electron chi connectivity index (χ1n) is 4.68. The van der Waals surface area contributed by atoms with Crippen LogP contribution in [0, 0.1) is 5.82 Å². The third kappa shape index (κ3) is 1.95. The summed E-state index contributed by atoms with van der Waals surface area (Å²) in [6.07, 6.45) is 3.59. The lowest BCUT2D eigenvalue weighted by Crippen LogP contribution is -1.81. The van der Waals surface area contributed by atoms with E-state index in [0.717, 1.165) is 23.0 Å². The van der Waals surface area contributed by atoms with Crippen LogP contribution in [0.1, 0.15) is 12.5 Å². The van der Waals surface area contributed by atoms with E-state index < -0.39 is 0 Å². The molecule has 1 aromatic carbocycles. The van der Waals surface area contributed by atoms with Crippen molar-refractivity contribution in [2.24, 2.45) is 4.99 Å². The zero-order valence-electron chi connectivity index (χ0n) is 8.22. The van der Waals surface area contributed by atoms with Crippen molar-refractivity contribution in [3.8, 4) is 0 Å². The van der Waals surface area contributed by atoms with Gasteiger partial charge in [0.15, 0.2) is 0 Å². The van der Waals surface area contributed by atoms with Gasteiger partial charge in [-0.2, -0.15) is 0 Å². The molecule has 1 aromatic heterocycles. The summed E-state index contributed by atoms with van der Waals surface area (Å²) in [4.78, 5) is 7.21. The highest BCUT2D eigenvalue weighted by molar-refractivity contribution is 9.10. The molecule has 0 atom stereocenters. The molecule has 0 unspecified atom stereocenters. The molecule has 2 nitrogen and oxygen atoms in total. The summed E-state index contributed by atoms with van der Waals surface area (Å²) in [6, 6.07) is 3.24. The number of nitrogens with zero attached hydrogens (tertiary/aromatic N) is 1. The van der Waals surface area contributed by atoms with Crippen LogP contribution in [-0.4, -0.2) is 17.7 Å². The first kappa shape index (κ1) is 10.4. The van der Waals surface area contributed by atoms with Crippen LogP contribution in [0.3, 0.4) is 0 Å². The van der Waals surface area contributed by atoms with Gasteiger partial charge in [-0.05, 0) is 35.0 Å². The minimum Gasteiger partial charge on any atom is -0.360 e. The third-order valence-electron chi connectivity index (χ3n) is 2.17. The molecule has 0 aliphatic carbocycles. The molecule has 0 saturated heterocycles. The molecule has 78 valence electrons. The number of aliphatic imine (C=N–C) groups is 1. The molecule has 1 N–H and O–H groups in total. The fourth-order valence-electron chi connectivity index (χ4n) is 1.43. The van der Waals surface area contributed by atoms with E-state index in [1.807, 2.05) is 13.1 Å². The molecule has 0 aliphatic rings. The first-order chi connectivity index (χ1) is 7.22. The van der Waals surface area contributed by atoms with E-state index in [1.165, 1.54) is 6.07 Å². The molecule has 2 rings (SSSR count). The van der Waals surface area contributed by atoms with Gasteiger partial charge in [0.05, 0.1) is 4.47 Å². The summed E-state index contributed by atoms with van der Waals surface area (Å²) in [5.74, 6) is -0.256. The van der Waals surface area contributed by atoms with Gasteiger partial charge in [0.1, 0.15) is 5.82 Å². The van der Waals surface area contributed by atoms with Crippen molar-refractivity contribution in [3.63, 3.8) is 0 Å². The number of benzene rings is 1. The summed E-state index contributed by atoms with van der Waals surface area (Å²) in [5.41, 5.74) is 1.82. The average Bonchev–Trinajstić information content (AvgIpc) is 2.59. The van der Waals surface area contributed by atoms with E-state index in [2.05, 4.69) is 25.9 Å². The van der Waals surface area contributed by atoms with Crippen LogP contribution in [0.15, 0.2) is 27.8 Å². The summed E-state index contributed by atoms with van der Waals surface area (Å²) in [6.45, 7) is 2.69. The third-order valence-corrected chi connectivity index (χ3v) is 2.78. The molecule has 1 heterocycles. The van der Waals surface area contributed by atoms with Crippen LogP contribution in [0.4, 0.5) is 4.39 Å². The van der Waals surface area contributed by atoms with E-state index in [9.17, 15) is 4.39 Å². The smallest absolute Gasteiger partial charge is 0.138 e. The molecule has 0 radical (unpaired) electrons. The highest BCUT2D eigenvalue weighted by Crippen LogP contribution is 2.24. The van der Waals surface area contributed by atoms with Crippen LogP contribution < -0.4 is 0 Å². The Hall–Kier alpha value is -1.16. The Morgan fingerprint density at radius 2 is 2.33 bits per heavy atom. The number of rotatable bonds is 2. The van der Waals surface area contributed by atoms with Crippen LogP contribution in [0.2, 0.25) is 0 Å². The maximum Gasteiger partial charge on any atom is 0.138 e. The minimum absolute atomic E-state index is 0.256. The molecular weight excluding hydrogens is 259 g/mol.